The fourth-order valence-electron chi connectivity index (χ4n) is 2.60. The van der Waals surface area contributed by atoms with Gasteiger partial charge in [-0.25, -0.2) is 0 Å². The zero-order valence-corrected chi connectivity index (χ0v) is 12.3. The lowest BCUT2D eigenvalue weighted by molar-refractivity contribution is 0.0729. The first-order valence-corrected chi connectivity index (χ1v) is 7.64. The Balaban J connectivity index is 2.13. The Bertz CT molecular complexity index is 444. The molecule has 1 aromatic carbocycles. The van der Waals surface area contributed by atoms with E-state index in [4.69, 9.17) is 0 Å². The third kappa shape index (κ3) is 3.41. The molecule has 5 heteroatoms. The van der Waals surface area contributed by atoms with Gasteiger partial charge in [-0.1, -0.05) is 15.9 Å². The van der Waals surface area contributed by atoms with Crippen molar-refractivity contribution in [2.45, 2.75) is 31.7 Å². The molecule has 0 aliphatic carbocycles. The first-order chi connectivity index (χ1) is 9.11. The molecule has 0 aromatic heterocycles. The van der Waals surface area contributed by atoms with Crippen LogP contribution in [0, 0.1) is 0 Å². The number of carbonyl (C=O) groups is 1. The molecule has 1 unspecified atom stereocenters. The van der Waals surface area contributed by atoms with Crippen LogP contribution in [0.4, 0.5) is 0 Å². The summed E-state index contributed by atoms with van der Waals surface area (Å²) in [6.45, 7) is 0.752. The average Bonchev–Trinajstić information content (AvgIpc) is 2.82. The summed E-state index contributed by atoms with van der Waals surface area (Å²) in [5, 5.41) is 19.9. The van der Waals surface area contributed by atoms with Gasteiger partial charge in [0.1, 0.15) is 11.5 Å². The number of hydrogen-bond acceptors (Lipinski definition) is 3. The van der Waals surface area contributed by atoms with Crippen molar-refractivity contribution >= 4 is 21.8 Å². The van der Waals surface area contributed by atoms with Crippen LogP contribution in [-0.2, 0) is 0 Å². The highest BCUT2D eigenvalue weighted by Crippen LogP contribution is 2.27. The van der Waals surface area contributed by atoms with E-state index in [0.29, 0.717) is 5.56 Å². The number of aromatic hydroxyl groups is 2. The third-order valence-corrected chi connectivity index (χ3v) is 4.02. The van der Waals surface area contributed by atoms with Crippen molar-refractivity contribution in [3.8, 4) is 11.5 Å². The molecule has 104 valence electrons. The van der Waals surface area contributed by atoms with E-state index < -0.39 is 0 Å². The van der Waals surface area contributed by atoms with Gasteiger partial charge in [0.25, 0.3) is 5.91 Å². The normalized spacial score (nSPS) is 18.8. The highest BCUT2D eigenvalue weighted by atomic mass is 79.9. The summed E-state index contributed by atoms with van der Waals surface area (Å²) in [5.74, 6) is -0.276. The molecule has 2 rings (SSSR count). The predicted molar refractivity (Wildman–Crippen MR) is 76.9 cm³/mol. The third-order valence-electron chi connectivity index (χ3n) is 3.46. The molecule has 0 saturated carbocycles. The fraction of sp³-hybridized carbons (Fsp3) is 0.500. The molecule has 1 fully saturated rings. The number of halogens is 1. The van der Waals surface area contributed by atoms with Crippen molar-refractivity contribution in [1.82, 2.24) is 4.90 Å². The number of amides is 1. The summed E-state index contributed by atoms with van der Waals surface area (Å²) in [6.07, 6.45) is 4.08. The monoisotopic (exact) mass is 327 g/mol. The molecule has 0 radical (unpaired) electrons. The maximum atomic E-state index is 12.4. The molecular weight excluding hydrogens is 310 g/mol. The van der Waals surface area contributed by atoms with E-state index in [1.54, 1.807) is 0 Å². The Morgan fingerprint density at radius 3 is 2.63 bits per heavy atom. The van der Waals surface area contributed by atoms with E-state index in [1.165, 1.54) is 18.2 Å². The summed E-state index contributed by atoms with van der Waals surface area (Å²) >= 11 is 3.41. The Morgan fingerprint density at radius 2 is 2.00 bits per heavy atom. The quantitative estimate of drug-likeness (QED) is 0.836. The highest BCUT2D eigenvalue weighted by Gasteiger charge is 2.29. The van der Waals surface area contributed by atoms with Crippen molar-refractivity contribution in [1.29, 1.82) is 0 Å². The van der Waals surface area contributed by atoms with Crippen LogP contribution >= 0.6 is 15.9 Å². The number of benzene rings is 1. The molecule has 1 heterocycles. The van der Waals surface area contributed by atoms with Crippen LogP contribution in [0.3, 0.4) is 0 Å². The minimum atomic E-state index is -0.108. The lowest BCUT2D eigenvalue weighted by atomic mass is 10.1. The molecule has 4 nitrogen and oxygen atoms in total. The van der Waals surface area contributed by atoms with Crippen molar-refractivity contribution in [2.24, 2.45) is 0 Å². The fourth-order valence-corrected chi connectivity index (χ4v) is 2.92. The van der Waals surface area contributed by atoms with Crippen LogP contribution in [0.5, 0.6) is 11.5 Å². The molecule has 1 atom stereocenters. The predicted octanol–water partition coefficient (Wildman–Crippen LogP) is 2.88. The molecule has 19 heavy (non-hydrogen) atoms. The second-order valence-electron chi connectivity index (χ2n) is 4.86. The molecule has 1 aromatic rings. The zero-order valence-electron chi connectivity index (χ0n) is 10.7. The van der Waals surface area contributed by atoms with E-state index in [9.17, 15) is 15.0 Å². The smallest absolute Gasteiger partial charge is 0.254 e. The first-order valence-electron chi connectivity index (χ1n) is 6.52. The second kappa shape index (κ2) is 6.28. The van der Waals surface area contributed by atoms with Gasteiger partial charge < -0.3 is 15.1 Å². The summed E-state index contributed by atoms with van der Waals surface area (Å²) in [7, 11) is 0. The Labute approximate surface area is 121 Å². The maximum absolute atomic E-state index is 12.4. The minimum absolute atomic E-state index is 0.0837. The molecule has 1 amide bonds. The molecule has 1 aliphatic rings. The number of phenolic OH excluding ortho intramolecular Hbond substituents is 2. The Hall–Kier alpha value is -1.23. The topological polar surface area (TPSA) is 60.8 Å². The lowest BCUT2D eigenvalue weighted by Gasteiger charge is -2.24. The number of nitrogens with zero attached hydrogens (tertiary/aromatic N) is 1. The van der Waals surface area contributed by atoms with Crippen molar-refractivity contribution < 1.29 is 15.0 Å². The van der Waals surface area contributed by atoms with Crippen LogP contribution in [0.1, 0.15) is 36.0 Å². The van der Waals surface area contributed by atoms with E-state index in [-0.39, 0.29) is 23.4 Å². The van der Waals surface area contributed by atoms with E-state index in [1.807, 2.05) is 4.90 Å². The van der Waals surface area contributed by atoms with Crippen LogP contribution in [0.15, 0.2) is 18.2 Å². The number of phenols is 2. The molecule has 1 saturated heterocycles. The SMILES string of the molecule is O=C(c1cc(O)cc(O)c1)N1CCCC1CCCBr. The second-order valence-corrected chi connectivity index (χ2v) is 5.66. The Morgan fingerprint density at radius 1 is 1.32 bits per heavy atom. The van der Waals surface area contributed by atoms with E-state index in [2.05, 4.69) is 15.9 Å². The maximum Gasteiger partial charge on any atom is 0.254 e. The summed E-state index contributed by atoms with van der Waals surface area (Å²) in [5.41, 5.74) is 0.350. The van der Waals surface area contributed by atoms with Gasteiger partial charge in [0.15, 0.2) is 0 Å². The van der Waals surface area contributed by atoms with Crippen LogP contribution in [-0.4, -0.2) is 38.9 Å². The summed E-state index contributed by atoms with van der Waals surface area (Å²) < 4.78 is 0. The van der Waals surface area contributed by atoms with Gasteiger partial charge in [0, 0.05) is 29.5 Å². The van der Waals surface area contributed by atoms with Crippen LogP contribution < -0.4 is 0 Å². The van der Waals surface area contributed by atoms with E-state index in [0.717, 1.165) is 37.6 Å². The van der Waals surface area contributed by atoms with Crippen LogP contribution in [0.2, 0.25) is 0 Å². The van der Waals surface area contributed by atoms with Gasteiger partial charge in [-0.2, -0.15) is 0 Å². The summed E-state index contributed by atoms with van der Waals surface area (Å²) in [4.78, 5) is 14.3. The number of likely N-dealkylation sites (tertiary alicyclic amines) is 1. The van der Waals surface area contributed by atoms with Crippen LogP contribution in [0.25, 0.3) is 0 Å². The minimum Gasteiger partial charge on any atom is -0.508 e. The zero-order chi connectivity index (χ0) is 13.8. The number of alkyl halides is 1. The van der Waals surface area contributed by atoms with E-state index >= 15 is 0 Å². The molecule has 1 aliphatic heterocycles. The number of rotatable bonds is 4. The van der Waals surface area contributed by atoms with Crippen molar-refractivity contribution in [3.63, 3.8) is 0 Å². The molecular formula is C14H18BrNO3. The van der Waals surface area contributed by atoms with Gasteiger partial charge in [-0.3, -0.25) is 4.79 Å². The average molecular weight is 328 g/mol. The molecule has 0 bridgehead atoms. The number of carbonyl (C=O) groups excluding carboxylic acids is 1. The Kier molecular flexibility index (Phi) is 4.69. The molecule has 0 spiro atoms. The van der Waals surface area contributed by atoms with Gasteiger partial charge in [0.05, 0.1) is 0 Å². The van der Waals surface area contributed by atoms with Gasteiger partial charge in [-0.05, 0) is 37.8 Å². The van der Waals surface area contributed by atoms with Crippen molar-refractivity contribution in [2.75, 3.05) is 11.9 Å². The highest BCUT2D eigenvalue weighted by molar-refractivity contribution is 9.09. The largest absolute Gasteiger partial charge is 0.508 e. The summed E-state index contributed by atoms with van der Waals surface area (Å²) in [6, 6.07) is 4.31. The number of hydrogen-bond donors (Lipinski definition) is 2. The first kappa shape index (κ1) is 14.2. The van der Waals surface area contributed by atoms with Gasteiger partial charge in [-0.15, -0.1) is 0 Å². The lowest BCUT2D eigenvalue weighted by Crippen LogP contribution is -2.35. The molecule has 2 N–H and O–H groups in total. The van der Waals surface area contributed by atoms with Crippen molar-refractivity contribution in [3.05, 3.63) is 23.8 Å². The van der Waals surface area contributed by atoms with Gasteiger partial charge in [0.2, 0.25) is 0 Å². The standard InChI is InChI=1S/C14H18BrNO3/c15-5-1-3-11-4-2-6-16(11)14(19)10-7-12(17)9-13(18)8-10/h7-9,11,17-18H,1-6H2. The van der Waals surface area contributed by atoms with Gasteiger partial charge >= 0.3 is 0 Å².